The third kappa shape index (κ3) is 3.80. The third-order valence-electron chi connectivity index (χ3n) is 5.48. The quantitative estimate of drug-likeness (QED) is 0.881. The van der Waals surface area contributed by atoms with E-state index in [1.54, 1.807) is 10.9 Å². The van der Waals surface area contributed by atoms with E-state index in [4.69, 9.17) is 0 Å². The number of benzene rings is 1. The van der Waals surface area contributed by atoms with Gasteiger partial charge >= 0.3 is 0 Å². The van der Waals surface area contributed by atoms with Crippen LogP contribution in [0.1, 0.15) is 41.2 Å². The van der Waals surface area contributed by atoms with Crippen LogP contribution in [-0.2, 0) is 4.79 Å². The smallest absolute Gasteiger partial charge is 0.270 e. The molecule has 5 nitrogen and oxygen atoms in total. The van der Waals surface area contributed by atoms with Crippen molar-refractivity contribution in [1.82, 2.24) is 15.2 Å². The number of thiazole rings is 1. The number of carbonyl (C=O) groups excluding carboxylic acids is 2. The molecule has 2 aromatic rings. The van der Waals surface area contributed by atoms with Gasteiger partial charge < -0.3 is 10.2 Å². The average molecular weight is 369 g/mol. The zero-order valence-corrected chi connectivity index (χ0v) is 15.5. The van der Waals surface area contributed by atoms with Crippen molar-refractivity contribution in [1.29, 1.82) is 0 Å². The second kappa shape index (κ2) is 7.58. The molecular weight excluding hydrogens is 346 g/mol. The van der Waals surface area contributed by atoms with Gasteiger partial charge in [0.25, 0.3) is 5.91 Å². The predicted molar refractivity (Wildman–Crippen MR) is 101 cm³/mol. The molecule has 136 valence electrons. The summed E-state index contributed by atoms with van der Waals surface area (Å²) in [5, 5.41) is 4.72. The number of nitrogens with zero attached hydrogens (tertiary/aromatic N) is 2. The Balaban J connectivity index is 1.21. The Morgan fingerprint density at radius 2 is 1.96 bits per heavy atom. The fourth-order valence-electron chi connectivity index (χ4n) is 3.78. The van der Waals surface area contributed by atoms with Crippen molar-refractivity contribution in [2.75, 3.05) is 19.6 Å². The highest BCUT2D eigenvalue weighted by Crippen LogP contribution is 2.48. The van der Waals surface area contributed by atoms with Crippen LogP contribution in [0, 0.1) is 11.8 Å². The van der Waals surface area contributed by atoms with E-state index in [1.807, 2.05) is 23.1 Å². The van der Waals surface area contributed by atoms with Crippen LogP contribution in [-0.4, -0.2) is 41.3 Å². The first-order chi connectivity index (χ1) is 12.7. The average Bonchev–Trinajstić information content (AvgIpc) is 3.30. The van der Waals surface area contributed by atoms with Crippen LogP contribution in [0.4, 0.5) is 0 Å². The van der Waals surface area contributed by atoms with Crippen LogP contribution < -0.4 is 5.32 Å². The van der Waals surface area contributed by atoms with E-state index in [-0.39, 0.29) is 11.8 Å². The van der Waals surface area contributed by atoms with Crippen LogP contribution in [0.3, 0.4) is 0 Å². The standard InChI is InChI=1S/C20H23N3O2S/c24-19(18-12-26-13-22-18)21-11-14-6-8-23(9-7-14)20(25)17-10-16(17)15-4-2-1-3-5-15/h1-5,12-14,16-17H,6-11H2,(H,21,24). The minimum Gasteiger partial charge on any atom is -0.350 e. The Bertz CT molecular complexity index is 755. The molecule has 1 N–H and O–H groups in total. The normalized spacial score (nSPS) is 22.8. The summed E-state index contributed by atoms with van der Waals surface area (Å²) in [7, 11) is 0. The monoisotopic (exact) mass is 369 g/mol. The first-order valence-corrected chi connectivity index (χ1v) is 10.2. The molecule has 6 heteroatoms. The van der Waals surface area contributed by atoms with Crippen LogP contribution in [0.2, 0.25) is 0 Å². The second-order valence-electron chi connectivity index (χ2n) is 7.21. The molecule has 1 aromatic heterocycles. The fourth-order valence-corrected chi connectivity index (χ4v) is 4.31. The summed E-state index contributed by atoms with van der Waals surface area (Å²) in [5.74, 6) is 1.21. The lowest BCUT2D eigenvalue weighted by Gasteiger charge is -2.32. The van der Waals surface area contributed by atoms with Gasteiger partial charge in [0.15, 0.2) is 0 Å². The van der Waals surface area contributed by atoms with Crippen molar-refractivity contribution in [3.05, 3.63) is 52.5 Å². The molecule has 26 heavy (non-hydrogen) atoms. The lowest BCUT2D eigenvalue weighted by atomic mass is 9.96. The topological polar surface area (TPSA) is 62.3 Å². The summed E-state index contributed by atoms with van der Waals surface area (Å²) in [6.07, 6.45) is 2.88. The van der Waals surface area contributed by atoms with Crippen molar-refractivity contribution >= 4 is 23.2 Å². The number of aromatic nitrogens is 1. The Morgan fingerprint density at radius 3 is 2.65 bits per heavy atom. The number of hydrogen-bond donors (Lipinski definition) is 1. The minimum atomic E-state index is -0.103. The molecular formula is C20H23N3O2S. The third-order valence-corrected chi connectivity index (χ3v) is 6.06. The number of carbonyl (C=O) groups is 2. The Kier molecular flexibility index (Phi) is 5.02. The number of hydrogen-bond acceptors (Lipinski definition) is 4. The van der Waals surface area contributed by atoms with Gasteiger partial charge in [-0.15, -0.1) is 11.3 Å². The molecule has 2 unspecified atom stereocenters. The van der Waals surface area contributed by atoms with Crippen LogP contribution in [0.15, 0.2) is 41.2 Å². The highest BCUT2D eigenvalue weighted by Gasteiger charge is 2.46. The maximum Gasteiger partial charge on any atom is 0.270 e. The molecule has 2 heterocycles. The first kappa shape index (κ1) is 17.2. The lowest BCUT2D eigenvalue weighted by molar-refractivity contribution is -0.134. The van der Waals surface area contributed by atoms with Gasteiger partial charge in [0.1, 0.15) is 5.69 Å². The largest absolute Gasteiger partial charge is 0.350 e. The molecule has 0 radical (unpaired) electrons. The zero-order valence-electron chi connectivity index (χ0n) is 14.6. The van der Waals surface area contributed by atoms with Crippen molar-refractivity contribution in [3.63, 3.8) is 0 Å². The number of rotatable bonds is 5. The molecule has 1 aliphatic carbocycles. The van der Waals surface area contributed by atoms with E-state index in [9.17, 15) is 9.59 Å². The summed E-state index contributed by atoms with van der Waals surface area (Å²) in [5.41, 5.74) is 3.44. The Morgan fingerprint density at radius 1 is 1.19 bits per heavy atom. The summed E-state index contributed by atoms with van der Waals surface area (Å²) >= 11 is 1.42. The van der Waals surface area contributed by atoms with E-state index in [1.165, 1.54) is 16.9 Å². The summed E-state index contributed by atoms with van der Waals surface area (Å²) in [4.78, 5) is 30.7. The van der Waals surface area contributed by atoms with Crippen LogP contribution >= 0.6 is 11.3 Å². The number of amides is 2. The van der Waals surface area contributed by atoms with E-state index in [0.29, 0.717) is 30.0 Å². The molecule has 4 rings (SSSR count). The van der Waals surface area contributed by atoms with Gasteiger partial charge in [0.2, 0.25) is 5.91 Å². The molecule has 1 saturated carbocycles. The second-order valence-corrected chi connectivity index (χ2v) is 7.93. The fraction of sp³-hybridized carbons (Fsp3) is 0.450. The molecule has 0 spiro atoms. The number of piperidine rings is 1. The van der Waals surface area contributed by atoms with Crippen LogP contribution in [0.25, 0.3) is 0 Å². The molecule has 1 saturated heterocycles. The van der Waals surface area contributed by atoms with Crippen LogP contribution in [0.5, 0.6) is 0 Å². The minimum absolute atomic E-state index is 0.103. The van der Waals surface area contributed by atoms with E-state index in [2.05, 4.69) is 22.4 Å². The molecule has 2 aliphatic rings. The van der Waals surface area contributed by atoms with E-state index in [0.717, 1.165) is 32.4 Å². The van der Waals surface area contributed by atoms with Crippen molar-refractivity contribution in [3.8, 4) is 0 Å². The van der Waals surface area contributed by atoms with E-state index < -0.39 is 0 Å². The first-order valence-electron chi connectivity index (χ1n) is 9.22. The number of likely N-dealkylation sites (tertiary alicyclic amines) is 1. The van der Waals surface area contributed by atoms with Crippen molar-refractivity contribution < 1.29 is 9.59 Å². The van der Waals surface area contributed by atoms with Gasteiger partial charge in [0.05, 0.1) is 5.51 Å². The molecule has 1 aromatic carbocycles. The SMILES string of the molecule is O=C(NCC1CCN(C(=O)C2CC2c2ccccc2)CC1)c1cscn1. The van der Waals surface area contributed by atoms with Gasteiger partial charge in [-0.2, -0.15) is 0 Å². The lowest BCUT2D eigenvalue weighted by Crippen LogP contribution is -2.42. The molecule has 2 atom stereocenters. The summed E-state index contributed by atoms with van der Waals surface area (Å²) in [6.45, 7) is 2.26. The maximum absolute atomic E-state index is 12.7. The summed E-state index contributed by atoms with van der Waals surface area (Å²) in [6, 6.07) is 10.3. The van der Waals surface area contributed by atoms with Gasteiger partial charge in [-0.1, -0.05) is 30.3 Å². The Labute approximate surface area is 157 Å². The van der Waals surface area contributed by atoms with Crippen molar-refractivity contribution in [2.45, 2.75) is 25.2 Å². The molecule has 0 bridgehead atoms. The molecule has 1 aliphatic heterocycles. The predicted octanol–water partition coefficient (Wildman–Crippen LogP) is 2.92. The number of nitrogens with one attached hydrogen (secondary N) is 1. The van der Waals surface area contributed by atoms with E-state index >= 15 is 0 Å². The highest BCUT2D eigenvalue weighted by molar-refractivity contribution is 7.07. The maximum atomic E-state index is 12.7. The highest BCUT2D eigenvalue weighted by atomic mass is 32.1. The summed E-state index contributed by atoms with van der Waals surface area (Å²) < 4.78 is 0. The van der Waals surface area contributed by atoms with Gasteiger partial charge in [0, 0.05) is 30.9 Å². The zero-order chi connectivity index (χ0) is 17.9. The Hall–Kier alpha value is -2.21. The van der Waals surface area contributed by atoms with Crippen molar-refractivity contribution in [2.24, 2.45) is 11.8 Å². The van der Waals surface area contributed by atoms with Gasteiger partial charge in [-0.05, 0) is 36.7 Å². The van der Waals surface area contributed by atoms with Gasteiger partial charge in [-0.25, -0.2) is 4.98 Å². The van der Waals surface area contributed by atoms with Gasteiger partial charge in [-0.3, -0.25) is 9.59 Å². The molecule has 2 amide bonds. The molecule has 2 fully saturated rings.